The van der Waals surface area contributed by atoms with E-state index in [4.69, 9.17) is 5.73 Å². The SMILES string of the molecule is CCC1CC2C(=O)N(c3ccc(F)cc3CN)C(=O)C2C1. The van der Waals surface area contributed by atoms with Crippen molar-refractivity contribution in [1.82, 2.24) is 0 Å². The zero-order valence-corrected chi connectivity index (χ0v) is 12.0. The molecule has 5 heteroatoms. The summed E-state index contributed by atoms with van der Waals surface area (Å²) in [4.78, 5) is 26.4. The van der Waals surface area contributed by atoms with Crippen LogP contribution in [0.15, 0.2) is 18.2 Å². The number of carbonyl (C=O) groups is 2. The van der Waals surface area contributed by atoms with Gasteiger partial charge in [0.15, 0.2) is 0 Å². The van der Waals surface area contributed by atoms with Crippen molar-refractivity contribution in [3.63, 3.8) is 0 Å². The first kappa shape index (κ1) is 14.2. The van der Waals surface area contributed by atoms with Gasteiger partial charge in [-0.3, -0.25) is 9.59 Å². The number of imide groups is 1. The van der Waals surface area contributed by atoms with Crippen molar-refractivity contribution in [2.45, 2.75) is 32.7 Å². The largest absolute Gasteiger partial charge is 0.326 e. The number of carbonyl (C=O) groups excluding carboxylic acids is 2. The zero-order valence-electron chi connectivity index (χ0n) is 12.0. The van der Waals surface area contributed by atoms with E-state index in [1.54, 1.807) is 0 Å². The Bertz CT molecular complexity index is 578. The molecule has 2 amide bonds. The summed E-state index contributed by atoms with van der Waals surface area (Å²) >= 11 is 0. The van der Waals surface area contributed by atoms with Crippen molar-refractivity contribution in [3.8, 4) is 0 Å². The maximum atomic E-state index is 13.3. The fourth-order valence-electron chi connectivity index (χ4n) is 3.64. The summed E-state index contributed by atoms with van der Waals surface area (Å²) in [6, 6.07) is 4.03. The van der Waals surface area contributed by atoms with E-state index in [0.29, 0.717) is 17.2 Å². The van der Waals surface area contributed by atoms with Crippen molar-refractivity contribution in [2.75, 3.05) is 4.90 Å². The highest BCUT2D eigenvalue weighted by molar-refractivity contribution is 6.22. The Kier molecular flexibility index (Phi) is 3.53. The molecule has 1 saturated heterocycles. The van der Waals surface area contributed by atoms with Gasteiger partial charge in [0.05, 0.1) is 17.5 Å². The lowest BCUT2D eigenvalue weighted by Crippen LogP contribution is -2.33. The second kappa shape index (κ2) is 5.22. The van der Waals surface area contributed by atoms with Crippen molar-refractivity contribution in [1.29, 1.82) is 0 Å². The molecule has 2 N–H and O–H groups in total. The summed E-state index contributed by atoms with van der Waals surface area (Å²) in [5.41, 5.74) is 6.55. The minimum atomic E-state index is -0.412. The number of amides is 2. The van der Waals surface area contributed by atoms with E-state index in [9.17, 15) is 14.0 Å². The molecule has 0 aromatic heterocycles. The van der Waals surface area contributed by atoms with Gasteiger partial charge in [-0.1, -0.05) is 13.3 Å². The van der Waals surface area contributed by atoms with Gasteiger partial charge in [0.2, 0.25) is 11.8 Å². The molecule has 1 heterocycles. The molecule has 1 aromatic rings. The monoisotopic (exact) mass is 290 g/mol. The fourth-order valence-corrected chi connectivity index (χ4v) is 3.64. The lowest BCUT2D eigenvalue weighted by atomic mass is 10.00. The van der Waals surface area contributed by atoms with Gasteiger partial charge in [0, 0.05) is 6.54 Å². The van der Waals surface area contributed by atoms with Gasteiger partial charge in [-0.25, -0.2) is 9.29 Å². The van der Waals surface area contributed by atoms with E-state index in [2.05, 4.69) is 6.92 Å². The number of nitrogens with zero attached hydrogens (tertiary/aromatic N) is 1. The molecule has 2 unspecified atom stereocenters. The topological polar surface area (TPSA) is 63.4 Å². The van der Waals surface area contributed by atoms with Crippen molar-refractivity contribution < 1.29 is 14.0 Å². The second-order valence-electron chi connectivity index (χ2n) is 5.95. The Hall–Kier alpha value is -1.75. The van der Waals surface area contributed by atoms with Crippen LogP contribution in [-0.2, 0) is 16.1 Å². The average Bonchev–Trinajstić information content (AvgIpc) is 3.00. The van der Waals surface area contributed by atoms with E-state index in [0.717, 1.165) is 19.3 Å². The number of nitrogens with two attached hydrogens (primary N) is 1. The van der Waals surface area contributed by atoms with Crippen LogP contribution in [0.2, 0.25) is 0 Å². The Balaban J connectivity index is 1.95. The lowest BCUT2D eigenvalue weighted by molar-refractivity contribution is -0.123. The van der Waals surface area contributed by atoms with Gasteiger partial charge in [0.1, 0.15) is 5.82 Å². The molecule has 112 valence electrons. The van der Waals surface area contributed by atoms with Gasteiger partial charge in [-0.2, -0.15) is 0 Å². The molecule has 2 aliphatic rings. The van der Waals surface area contributed by atoms with Gasteiger partial charge in [-0.05, 0) is 42.5 Å². The maximum Gasteiger partial charge on any atom is 0.237 e. The Morgan fingerprint density at radius 2 is 1.86 bits per heavy atom. The molecule has 1 aromatic carbocycles. The summed E-state index contributed by atoms with van der Waals surface area (Å²) < 4.78 is 13.3. The molecule has 4 nitrogen and oxygen atoms in total. The van der Waals surface area contributed by atoms with Gasteiger partial charge < -0.3 is 5.73 Å². The van der Waals surface area contributed by atoms with E-state index in [1.165, 1.54) is 23.1 Å². The predicted octanol–water partition coefficient (Wildman–Crippen LogP) is 2.21. The third kappa shape index (κ3) is 2.16. The van der Waals surface area contributed by atoms with E-state index >= 15 is 0 Å². The first-order valence-corrected chi connectivity index (χ1v) is 7.43. The third-order valence-electron chi connectivity index (χ3n) is 4.82. The molecule has 21 heavy (non-hydrogen) atoms. The number of halogens is 1. The molecule has 2 fully saturated rings. The molecular formula is C16H19FN2O2. The predicted molar refractivity (Wildman–Crippen MR) is 76.8 cm³/mol. The summed E-state index contributed by atoms with van der Waals surface area (Å²) in [5.74, 6) is -0.678. The summed E-state index contributed by atoms with van der Waals surface area (Å²) in [6.45, 7) is 2.18. The Labute approximate surface area is 123 Å². The van der Waals surface area contributed by atoms with Crippen LogP contribution in [0, 0.1) is 23.6 Å². The lowest BCUT2D eigenvalue weighted by Gasteiger charge is -2.20. The molecule has 3 rings (SSSR count). The smallest absolute Gasteiger partial charge is 0.237 e. The highest BCUT2D eigenvalue weighted by atomic mass is 19.1. The number of anilines is 1. The first-order chi connectivity index (χ1) is 10.1. The Morgan fingerprint density at radius 3 is 2.38 bits per heavy atom. The van der Waals surface area contributed by atoms with Crippen LogP contribution in [-0.4, -0.2) is 11.8 Å². The second-order valence-corrected chi connectivity index (χ2v) is 5.95. The zero-order chi connectivity index (χ0) is 15.1. The molecule has 2 atom stereocenters. The Morgan fingerprint density at radius 1 is 1.24 bits per heavy atom. The highest BCUT2D eigenvalue weighted by Crippen LogP contribution is 2.46. The third-order valence-corrected chi connectivity index (χ3v) is 4.82. The van der Waals surface area contributed by atoms with Crippen LogP contribution in [0.3, 0.4) is 0 Å². The molecule has 0 radical (unpaired) electrons. The number of benzene rings is 1. The number of rotatable bonds is 3. The molecule has 1 saturated carbocycles. The van der Waals surface area contributed by atoms with Crippen molar-refractivity contribution >= 4 is 17.5 Å². The molecule has 1 aliphatic heterocycles. The number of fused-ring (bicyclic) bond motifs is 1. The molecule has 1 aliphatic carbocycles. The fraction of sp³-hybridized carbons (Fsp3) is 0.500. The maximum absolute atomic E-state index is 13.3. The quantitative estimate of drug-likeness (QED) is 0.868. The standard InChI is InChI=1S/C16H19FN2O2/c1-2-9-5-12-13(6-9)16(21)19(15(12)20)14-4-3-11(17)7-10(14)8-18/h3-4,7,9,12-13H,2,5-6,8,18H2,1H3. The average molecular weight is 290 g/mol. The van der Waals surface area contributed by atoms with Gasteiger partial charge in [0.25, 0.3) is 0 Å². The van der Waals surface area contributed by atoms with Crippen LogP contribution in [0.4, 0.5) is 10.1 Å². The normalized spacial score (nSPS) is 28.3. The van der Waals surface area contributed by atoms with Crippen LogP contribution in [0.5, 0.6) is 0 Å². The molecular weight excluding hydrogens is 271 g/mol. The van der Waals surface area contributed by atoms with Crippen molar-refractivity contribution in [3.05, 3.63) is 29.6 Å². The van der Waals surface area contributed by atoms with Gasteiger partial charge >= 0.3 is 0 Å². The minimum absolute atomic E-state index is 0.0943. The van der Waals surface area contributed by atoms with E-state index < -0.39 is 5.82 Å². The van der Waals surface area contributed by atoms with Crippen LogP contribution in [0.25, 0.3) is 0 Å². The van der Waals surface area contributed by atoms with Crippen LogP contribution in [0.1, 0.15) is 31.7 Å². The van der Waals surface area contributed by atoms with Crippen LogP contribution >= 0.6 is 0 Å². The van der Waals surface area contributed by atoms with Gasteiger partial charge in [-0.15, -0.1) is 0 Å². The highest BCUT2D eigenvalue weighted by Gasteiger charge is 2.52. The first-order valence-electron chi connectivity index (χ1n) is 7.43. The summed E-state index contributed by atoms with van der Waals surface area (Å²) in [7, 11) is 0. The van der Waals surface area contributed by atoms with E-state index in [-0.39, 0.29) is 30.2 Å². The summed E-state index contributed by atoms with van der Waals surface area (Å²) in [5, 5.41) is 0. The van der Waals surface area contributed by atoms with Crippen LogP contribution < -0.4 is 10.6 Å². The molecule has 0 spiro atoms. The van der Waals surface area contributed by atoms with E-state index in [1.807, 2.05) is 0 Å². The van der Waals surface area contributed by atoms with Crippen molar-refractivity contribution in [2.24, 2.45) is 23.5 Å². The molecule has 0 bridgehead atoms. The number of hydrogen-bond donors (Lipinski definition) is 1. The summed E-state index contributed by atoms with van der Waals surface area (Å²) in [6.07, 6.45) is 2.56. The minimum Gasteiger partial charge on any atom is -0.326 e. The number of hydrogen-bond acceptors (Lipinski definition) is 3.